The SMILES string of the molecule is O=C(O)C1=C(N[S+]([O-])c2ccc(F)cc2C(F)(F)F)CC(c2ccccc2)S1. The van der Waals surface area contributed by atoms with E-state index in [1.165, 1.54) is 0 Å². The number of carbonyl (C=O) groups is 1. The van der Waals surface area contributed by atoms with Crippen LogP contribution in [0.4, 0.5) is 17.6 Å². The summed E-state index contributed by atoms with van der Waals surface area (Å²) in [4.78, 5) is 10.8. The Bertz CT molecular complexity index is 919. The maximum absolute atomic E-state index is 13.2. The first-order chi connectivity index (χ1) is 13.2. The third kappa shape index (κ3) is 4.45. The van der Waals surface area contributed by atoms with E-state index in [4.69, 9.17) is 0 Å². The molecule has 148 valence electrons. The standard InChI is InChI=1S/C18H13F4NO3S2/c19-11-6-7-15(12(8-11)18(20,21)22)28(26)23-13-9-14(27-16(13)17(24)25)10-4-2-1-3-5-10/h1-8,14,23H,9H2,(H,24,25). The molecule has 2 aromatic rings. The van der Waals surface area contributed by atoms with Crippen molar-refractivity contribution in [1.82, 2.24) is 4.72 Å². The molecular weight excluding hydrogens is 418 g/mol. The van der Waals surface area contributed by atoms with Crippen molar-refractivity contribution in [2.75, 3.05) is 0 Å². The van der Waals surface area contributed by atoms with Gasteiger partial charge >= 0.3 is 12.1 Å². The third-order valence-electron chi connectivity index (χ3n) is 3.95. The molecule has 3 rings (SSSR count). The summed E-state index contributed by atoms with van der Waals surface area (Å²) in [6.45, 7) is 0. The van der Waals surface area contributed by atoms with Crippen molar-refractivity contribution in [2.24, 2.45) is 0 Å². The molecule has 2 unspecified atom stereocenters. The van der Waals surface area contributed by atoms with Gasteiger partial charge in [-0.2, -0.15) is 13.2 Å². The summed E-state index contributed by atoms with van der Waals surface area (Å²) < 4.78 is 67.6. The molecule has 0 spiro atoms. The maximum atomic E-state index is 13.2. The van der Waals surface area contributed by atoms with Gasteiger partial charge in [-0.1, -0.05) is 30.3 Å². The number of carboxylic acid groups (broad SMARTS) is 1. The number of nitrogens with one attached hydrogen (secondary N) is 1. The fraction of sp³-hybridized carbons (Fsp3) is 0.167. The molecule has 0 bridgehead atoms. The van der Waals surface area contributed by atoms with E-state index in [2.05, 4.69) is 4.72 Å². The number of halogens is 4. The summed E-state index contributed by atoms with van der Waals surface area (Å²) in [5.41, 5.74) is -0.463. The van der Waals surface area contributed by atoms with Gasteiger partial charge in [-0.25, -0.2) is 13.9 Å². The van der Waals surface area contributed by atoms with E-state index in [9.17, 15) is 32.0 Å². The van der Waals surface area contributed by atoms with Crippen LogP contribution in [0.25, 0.3) is 0 Å². The van der Waals surface area contributed by atoms with Gasteiger partial charge in [0.15, 0.2) is 4.90 Å². The molecule has 0 fully saturated rings. The van der Waals surface area contributed by atoms with Gasteiger partial charge in [0.2, 0.25) is 0 Å². The zero-order valence-electron chi connectivity index (χ0n) is 14.0. The Balaban J connectivity index is 1.87. The Hall–Kier alpha value is -2.17. The number of alkyl halides is 3. The minimum absolute atomic E-state index is 0.0714. The van der Waals surface area contributed by atoms with Crippen molar-refractivity contribution in [3.05, 3.63) is 76.1 Å². The van der Waals surface area contributed by atoms with Crippen molar-refractivity contribution in [3.8, 4) is 0 Å². The van der Waals surface area contributed by atoms with Crippen LogP contribution in [-0.2, 0) is 22.3 Å². The van der Waals surface area contributed by atoms with Gasteiger partial charge in [0.05, 0.1) is 5.70 Å². The second-order valence-corrected chi connectivity index (χ2v) is 8.24. The Morgan fingerprint density at radius 1 is 1.21 bits per heavy atom. The fourth-order valence-electron chi connectivity index (χ4n) is 2.71. The average molecular weight is 431 g/mol. The lowest BCUT2D eigenvalue weighted by molar-refractivity contribution is -0.140. The summed E-state index contributed by atoms with van der Waals surface area (Å²) in [7, 11) is 0. The highest BCUT2D eigenvalue weighted by Crippen LogP contribution is 2.47. The Morgan fingerprint density at radius 2 is 1.89 bits per heavy atom. The van der Waals surface area contributed by atoms with E-state index in [0.29, 0.717) is 0 Å². The molecule has 2 atom stereocenters. The lowest BCUT2D eigenvalue weighted by Crippen LogP contribution is -2.27. The fourth-order valence-corrected chi connectivity index (χ4v) is 5.06. The van der Waals surface area contributed by atoms with E-state index in [-0.39, 0.29) is 28.3 Å². The number of allylic oxidation sites excluding steroid dienone is 1. The van der Waals surface area contributed by atoms with Crippen LogP contribution in [0.2, 0.25) is 0 Å². The molecule has 0 amide bonds. The first kappa shape index (κ1) is 20.6. The molecule has 0 saturated heterocycles. The van der Waals surface area contributed by atoms with Crippen molar-refractivity contribution >= 4 is 29.1 Å². The van der Waals surface area contributed by atoms with Crippen LogP contribution in [-0.4, -0.2) is 15.6 Å². The molecule has 2 N–H and O–H groups in total. The number of thioether (sulfide) groups is 1. The summed E-state index contributed by atoms with van der Waals surface area (Å²) in [6.07, 6.45) is -4.75. The highest BCUT2D eigenvalue weighted by Gasteiger charge is 2.40. The van der Waals surface area contributed by atoms with Gasteiger partial charge < -0.3 is 9.66 Å². The Labute approximate surface area is 165 Å². The molecular formula is C18H13F4NO3S2. The van der Waals surface area contributed by atoms with Gasteiger partial charge in [-0.15, -0.1) is 11.8 Å². The minimum Gasteiger partial charge on any atom is -0.588 e. The molecule has 0 saturated carbocycles. The van der Waals surface area contributed by atoms with Crippen LogP contribution >= 0.6 is 11.8 Å². The normalized spacial score (nSPS) is 18.2. The topological polar surface area (TPSA) is 72.4 Å². The van der Waals surface area contributed by atoms with Crippen molar-refractivity contribution in [3.63, 3.8) is 0 Å². The van der Waals surface area contributed by atoms with E-state index in [0.717, 1.165) is 29.5 Å². The predicted molar refractivity (Wildman–Crippen MR) is 97.0 cm³/mol. The van der Waals surface area contributed by atoms with Crippen molar-refractivity contribution in [2.45, 2.75) is 22.7 Å². The molecule has 1 aliphatic heterocycles. The van der Waals surface area contributed by atoms with Crippen LogP contribution in [0.15, 0.2) is 64.0 Å². The summed E-state index contributed by atoms with van der Waals surface area (Å²) >= 11 is -1.39. The lowest BCUT2D eigenvalue weighted by Gasteiger charge is -2.17. The number of benzene rings is 2. The van der Waals surface area contributed by atoms with Gasteiger partial charge in [0.1, 0.15) is 27.6 Å². The van der Waals surface area contributed by atoms with Crippen LogP contribution in [0.5, 0.6) is 0 Å². The van der Waals surface area contributed by atoms with E-state index < -0.39 is 39.8 Å². The maximum Gasteiger partial charge on any atom is 0.421 e. The summed E-state index contributed by atoms with van der Waals surface area (Å²) in [5, 5.41) is 9.13. The van der Waals surface area contributed by atoms with Gasteiger partial charge in [0.25, 0.3) is 0 Å². The number of carboxylic acids is 1. The lowest BCUT2D eigenvalue weighted by atomic mass is 10.1. The number of aliphatic carboxylic acids is 1. The zero-order valence-corrected chi connectivity index (χ0v) is 15.6. The van der Waals surface area contributed by atoms with E-state index >= 15 is 0 Å². The first-order valence-electron chi connectivity index (χ1n) is 7.90. The monoisotopic (exact) mass is 431 g/mol. The van der Waals surface area contributed by atoms with Crippen LogP contribution < -0.4 is 4.72 Å². The third-order valence-corrected chi connectivity index (χ3v) is 6.52. The Kier molecular flexibility index (Phi) is 5.92. The number of hydrogen-bond donors (Lipinski definition) is 2. The smallest absolute Gasteiger partial charge is 0.421 e. The van der Waals surface area contributed by atoms with Gasteiger partial charge in [-0.3, -0.25) is 0 Å². The van der Waals surface area contributed by atoms with Crippen LogP contribution in [0, 0.1) is 5.82 Å². The molecule has 0 aliphatic carbocycles. The minimum atomic E-state index is -4.91. The second-order valence-electron chi connectivity index (χ2n) is 5.84. The number of hydrogen-bond acceptors (Lipinski definition) is 4. The molecule has 4 nitrogen and oxygen atoms in total. The second kappa shape index (κ2) is 8.06. The molecule has 28 heavy (non-hydrogen) atoms. The highest BCUT2D eigenvalue weighted by atomic mass is 32.2. The molecule has 10 heteroatoms. The average Bonchev–Trinajstić information content (AvgIpc) is 3.05. The quantitative estimate of drug-likeness (QED) is 0.534. The molecule has 0 radical (unpaired) electrons. The zero-order chi connectivity index (χ0) is 20.5. The largest absolute Gasteiger partial charge is 0.588 e. The van der Waals surface area contributed by atoms with E-state index in [1.807, 2.05) is 0 Å². The molecule has 1 heterocycles. The van der Waals surface area contributed by atoms with Crippen LogP contribution in [0.3, 0.4) is 0 Å². The Morgan fingerprint density at radius 3 is 2.50 bits per heavy atom. The molecule has 2 aromatic carbocycles. The number of rotatable bonds is 5. The summed E-state index contributed by atoms with van der Waals surface area (Å²) in [6, 6.07) is 10.8. The van der Waals surface area contributed by atoms with Gasteiger partial charge in [0, 0.05) is 11.7 Å². The first-order valence-corrected chi connectivity index (χ1v) is 9.93. The highest BCUT2D eigenvalue weighted by molar-refractivity contribution is 8.04. The molecule has 1 aliphatic rings. The van der Waals surface area contributed by atoms with Crippen LogP contribution in [0.1, 0.15) is 22.8 Å². The predicted octanol–water partition coefficient (Wildman–Crippen LogP) is 4.63. The van der Waals surface area contributed by atoms with Crippen molar-refractivity contribution < 1.29 is 32.0 Å². The molecule has 0 aromatic heterocycles. The van der Waals surface area contributed by atoms with Gasteiger partial charge in [-0.05, 0) is 23.8 Å². The summed E-state index contributed by atoms with van der Waals surface area (Å²) in [5.74, 6) is -2.38. The van der Waals surface area contributed by atoms with Crippen molar-refractivity contribution in [1.29, 1.82) is 0 Å². The van der Waals surface area contributed by atoms with E-state index in [1.54, 1.807) is 30.3 Å².